The molecule has 1 aliphatic heterocycles. The molecule has 3 nitrogen and oxygen atoms in total. The summed E-state index contributed by atoms with van der Waals surface area (Å²) in [4.78, 5) is 2.59. The second-order valence-electron chi connectivity index (χ2n) is 9.37. The number of benzene rings is 2. The fourth-order valence-corrected chi connectivity index (χ4v) is 5.14. The second kappa shape index (κ2) is 13.0. The molecule has 0 radical (unpaired) electrons. The molecular weight excluding hydrogens is 394 g/mol. The van der Waals surface area contributed by atoms with Crippen LogP contribution < -0.4 is 4.74 Å². The molecule has 176 valence electrons. The van der Waals surface area contributed by atoms with E-state index in [1.54, 1.807) is 0 Å². The van der Waals surface area contributed by atoms with Gasteiger partial charge in [-0.3, -0.25) is 0 Å². The Hall–Kier alpha value is -1.84. The number of nitrogens with zero attached hydrogens (tertiary/aromatic N) is 1. The minimum atomic E-state index is -0.897. The summed E-state index contributed by atoms with van der Waals surface area (Å²) in [5.74, 6) is 0.912. The molecule has 32 heavy (non-hydrogen) atoms. The molecule has 0 bridgehead atoms. The Morgan fingerprint density at radius 1 is 0.875 bits per heavy atom. The SMILES string of the molecule is CCCCCCC(O)(c1ccc(OCC)cc1)C(CN1CCCCCC1)c1ccccc1. The van der Waals surface area contributed by atoms with Gasteiger partial charge in [0.25, 0.3) is 0 Å². The van der Waals surface area contributed by atoms with Crippen LogP contribution in [0.25, 0.3) is 0 Å². The summed E-state index contributed by atoms with van der Waals surface area (Å²) < 4.78 is 5.68. The van der Waals surface area contributed by atoms with E-state index in [1.165, 1.54) is 50.5 Å². The first-order valence-electron chi connectivity index (χ1n) is 12.9. The van der Waals surface area contributed by atoms with Crippen LogP contribution in [0, 0.1) is 0 Å². The summed E-state index contributed by atoms with van der Waals surface area (Å²) in [6.45, 7) is 8.08. The molecular formula is C29H43NO2. The lowest BCUT2D eigenvalue weighted by Gasteiger charge is -2.40. The summed E-state index contributed by atoms with van der Waals surface area (Å²) >= 11 is 0. The molecule has 2 atom stereocenters. The largest absolute Gasteiger partial charge is 0.494 e. The topological polar surface area (TPSA) is 32.7 Å². The van der Waals surface area contributed by atoms with Gasteiger partial charge in [0, 0.05) is 12.5 Å². The number of hydrogen-bond donors (Lipinski definition) is 1. The van der Waals surface area contributed by atoms with Gasteiger partial charge in [0.1, 0.15) is 5.75 Å². The average molecular weight is 438 g/mol. The zero-order chi connectivity index (χ0) is 22.7. The average Bonchev–Trinajstić information content (AvgIpc) is 3.10. The fourth-order valence-electron chi connectivity index (χ4n) is 5.14. The maximum Gasteiger partial charge on any atom is 0.119 e. The molecule has 2 aromatic carbocycles. The minimum absolute atomic E-state index is 0.0429. The summed E-state index contributed by atoms with van der Waals surface area (Å²) in [6, 6.07) is 18.9. The van der Waals surface area contributed by atoms with E-state index in [-0.39, 0.29) is 5.92 Å². The molecule has 3 rings (SSSR count). The highest BCUT2D eigenvalue weighted by molar-refractivity contribution is 5.35. The van der Waals surface area contributed by atoms with Crippen LogP contribution in [0.3, 0.4) is 0 Å². The van der Waals surface area contributed by atoms with E-state index in [1.807, 2.05) is 19.1 Å². The number of likely N-dealkylation sites (tertiary alicyclic amines) is 1. The number of unbranched alkanes of at least 4 members (excludes halogenated alkanes) is 3. The van der Waals surface area contributed by atoms with Crippen molar-refractivity contribution < 1.29 is 9.84 Å². The van der Waals surface area contributed by atoms with Crippen LogP contribution in [0.5, 0.6) is 5.75 Å². The normalized spacial score (nSPS) is 18.0. The van der Waals surface area contributed by atoms with Gasteiger partial charge in [-0.2, -0.15) is 0 Å². The van der Waals surface area contributed by atoms with Crippen molar-refractivity contribution in [1.29, 1.82) is 0 Å². The first kappa shape index (κ1) is 24.8. The standard InChI is InChI=1S/C29H43NO2/c1-3-5-6-12-21-29(31,26-17-19-27(20-18-26)32-4-2)28(25-15-10-9-11-16-25)24-30-22-13-7-8-14-23-30/h9-11,15-20,28,31H,3-8,12-14,21-24H2,1-2H3. The van der Waals surface area contributed by atoms with Crippen LogP contribution in [-0.4, -0.2) is 36.2 Å². The molecule has 3 heteroatoms. The van der Waals surface area contributed by atoms with E-state index in [4.69, 9.17) is 4.74 Å². The molecule has 0 saturated carbocycles. The van der Waals surface area contributed by atoms with Crippen molar-refractivity contribution in [3.63, 3.8) is 0 Å². The van der Waals surface area contributed by atoms with Gasteiger partial charge in [-0.25, -0.2) is 0 Å². The van der Waals surface area contributed by atoms with Crippen LogP contribution in [0.2, 0.25) is 0 Å². The third-order valence-corrected chi connectivity index (χ3v) is 6.99. The van der Waals surface area contributed by atoms with Gasteiger partial charge in [-0.1, -0.05) is 87.9 Å². The van der Waals surface area contributed by atoms with E-state index in [9.17, 15) is 5.11 Å². The van der Waals surface area contributed by atoms with Crippen molar-refractivity contribution in [2.75, 3.05) is 26.2 Å². The fraction of sp³-hybridized carbons (Fsp3) is 0.586. The molecule has 1 saturated heterocycles. The molecule has 2 unspecified atom stereocenters. The minimum Gasteiger partial charge on any atom is -0.494 e. The molecule has 1 fully saturated rings. The summed E-state index contributed by atoms with van der Waals surface area (Å²) in [5.41, 5.74) is 1.36. The predicted molar refractivity (Wildman–Crippen MR) is 134 cm³/mol. The molecule has 0 aromatic heterocycles. The van der Waals surface area contributed by atoms with Crippen molar-refractivity contribution >= 4 is 0 Å². The highest BCUT2D eigenvalue weighted by Gasteiger charge is 2.40. The molecule has 1 N–H and O–H groups in total. The summed E-state index contributed by atoms with van der Waals surface area (Å²) in [5, 5.41) is 12.4. The van der Waals surface area contributed by atoms with Crippen molar-refractivity contribution in [3.8, 4) is 5.75 Å². The lowest BCUT2D eigenvalue weighted by Crippen LogP contribution is -2.41. The maximum atomic E-state index is 12.4. The van der Waals surface area contributed by atoms with Gasteiger partial charge in [0.15, 0.2) is 0 Å². The Labute approximate surface area is 195 Å². The van der Waals surface area contributed by atoms with Gasteiger partial charge in [0.2, 0.25) is 0 Å². The van der Waals surface area contributed by atoms with E-state index in [0.29, 0.717) is 6.61 Å². The molecule has 0 amide bonds. The van der Waals surface area contributed by atoms with Crippen LogP contribution >= 0.6 is 0 Å². The van der Waals surface area contributed by atoms with E-state index < -0.39 is 5.60 Å². The van der Waals surface area contributed by atoms with Gasteiger partial charge in [-0.05, 0) is 62.5 Å². The Bertz CT molecular complexity index is 752. The first-order chi connectivity index (χ1) is 15.7. The smallest absolute Gasteiger partial charge is 0.119 e. The maximum absolute atomic E-state index is 12.4. The van der Waals surface area contributed by atoms with E-state index in [0.717, 1.165) is 43.8 Å². The number of hydrogen-bond acceptors (Lipinski definition) is 3. The lowest BCUT2D eigenvalue weighted by atomic mass is 9.74. The van der Waals surface area contributed by atoms with E-state index in [2.05, 4.69) is 54.3 Å². The highest BCUT2D eigenvalue weighted by atomic mass is 16.5. The van der Waals surface area contributed by atoms with Crippen molar-refractivity contribution in [3.05, 3.63) is 65.7 Å². The molecule has 1 heterocycles. The lowest BCUT2D eigenvalue weighted by molar-refractivity contribution is -0.0150. The van der Waals surface area contributed by atoms with Gasteiger partial charge >= 0.3 is 0 Å². The Morgan fingerprint density at radius 3 is 2.19 bits per heavy atom. The zero-order valence-electron chi connectivity index (χ0n) is 20.3. The van der Waals surface area contributed by atoms with Crippen molar-refractivity contribution in [2.24, 2.45) is 0 Å². The second-order valence-corrected chi connectivity index (χ2v) is 9.37. The van der Waals surface area contributed by atoms with Gasteiger partial charge in [0.05, 0.1) is 12.2 Å². The molecule has 0 spiro atoms. The molecule has 2 aromatic rings. The van der Waals surface area contributed by atoms with Crippen molar-refractivity contribution in [1.82, 2.24) is 4.90 Å². The van der Waals surface area contributed by atoms with Crippen LogP contribution in [0.4, 0.5) is 0 Å². The number of ether oxygens (including phenoxy) is 1. The Morgan fingerprint density at radius 2 is 1.56 bits per heavy atom. The summed E-state index contributed by atoms with van der Waals surface area (Å²) in [6.07, 6.45) is 10.6. The first-order valence-corrected chi connectivity index (χ1v) is 12.9. The van der Waals surface area contributed by atoms with Gasteiger partial charge < -0.3 is 14.7 Å². The quantitative estimate of drug-likeness (QED) is 0.366. The Kier molecular flexibility index (Phi) is 10.1. The van der Waals surface area contributed by atoms with Crippen LogP contribution in [0.15, 0.2) is 54.6 Å². The van der Waals surface area contributed by atoms with Crippen LogP contribution in [0.1, 0.15) is 88.7 Å². The number of aliphatic hydroxyl groups is 1. The van der Waals surface area contributed by atoms with Crippen molar-refractivity contribution in [2.45, 2.75) is 83.2 Å². The molecule has 1 aliphatic rings. The van der Waals surface area contributed by atoms with E-state index >= 15 is 0 Å². The van der Waals surface area contributed by atoms with Gasteiger partial charge in [-0.15, -0.1) is 0 Å². The zero-order valence-corrected chi connectivity index (χ0v) is 20.3. The monoisotopic (exact) mass is 437 g/mol. The Balaban J connectivity index is 1.94. The molecule has 0 aliphatic carbocycles. The number of rotatable bonds is 12. The third-order valence-electron chi connectivity index (χ3n) is 6.99. The van der Waals surface area contributed by atoms with Crippen LogP contribution in [-0.2, 0) is 5.60 Å². The summed E-state index contributed by atoms with van der Waals surface area (Å²) in [7, 11) is 0. The predicted octanol–water partition coefficient (Wildman–Crippen LogP) is 6.90. The highest BCUT2D eigenvalue weighted by Crippen LogP contribution is 2.42. The third kappa shape index (κ3) is 6.83.